The molecule has 0 aliphatic heterocycles. The average molecular weight is 430 g/mol. The third-order valence-corrected chi connectivity index (χ3v) is 4.74. The maximum Gasteiger partial charge on any atom is 0.247 e. The average Bonchev–Trinajstić information content (AvgIpc) is 2.73. The Morgan fingerprint density at radius 1 is 0.966 bits per heavy atom. The van der Waals surface area contributed by atoms with E-state index in [9.17, 15) is 4.79 Å². The fourth-order valence-electron chi connectivity index (χ4n) is 2.38. The Labute approximate surface area is 181 Å². The van der Waals surface area contributed by atoms with Gasteiger partial charge in [-0.1, -0.05) is 85.1 Å². The smallest absolute Gasteiger partial charge is 0.247 e. The number of carbonyl (C=O) groups is 1. The van der Waals surface area contributed by atoms with Crippen molar-refractivity contribution >= 4 is 46.2 Å². The van der Waals surface area contributed by atoms with Crippen LogP contribution in [-0.2, 0) is 9.63 Å². The van der Waals surface area contributed by atoms with Gasteiger partial charge in [0.1, 0.15) is 16.4 Å². The number of hydrogen-bond donors (Lipinski definition) is 2. The Bertz CT molecular complexity index is 875. The standard InChI is InChI=1S/C20H23N5O2S2/c1-21-27-18(23-25(3)20(29)16-12-8-5-9-13-16)14-17(26)22-24(2)19(28)15-10-6-4-7-11-15/h4-13,21H,14H2,1-3H3,(H,22,26)/b23-18-. The van der Waals surface area contributed by atoms with Gasteiger partial charge in [-0.05, 0) is 0 Å². The Kier molecular flexibility index (Phi) is 8.66. The van der Waals surface area contributed by atoms with Crippen LogP contribution in [0.3, 0.4) is 0 Å². The highest BCUT2D eigenvalue weighted by Gasteiger charge is 2.16. The first-order valence-electron chi connectivity index (χ1n) is 8.79. The molecule has 7 nitrogen and oxygen atoms in total. The molecule has 0 bridgehead atoms. The summed E-state index contributed by atoms with van der Waals surface area (Å²) in [5.74, 6) is -0.177. The maximum atomic E-state index is 12.4. The molecule has 2 N–H and O–H groups in total. The number of hydroxylamine groups is 1. The molecule has 0 heterocycles. The summed E-state index contributed by atoms with van der Waals surface area (Å²) in [4.78, 5) is 18.7. The number of thiocarbonyl (C=S) groups is 2. The number of hydrogen-bond acceptors (Lipinski definition) is 6. The largest absolute Gasteiger partial charge is 0.391 e. The molecule has 0 fully saturated rings. The summed E-state index contributed by atoms with van der Waals surface area (Å²) in [7, 11) is 4.96. The second-order valence-corrected chi connectivity index (χ2v) is 6.71. The van der Waals surface area contributed by atoms with Gasteiger partial charge in [-0.3, -0.25) is 20.2 Å². The number of nitrogens with one attached hydrogen (secondary N) is 2. The summed E-state index contributed by atoms with van der Waals surface area (Å²) in [6.45, 7) is 0. The Balaban J connectivity index is 2.01. The third kappa shape index (κ3) is 6.90. The second-order valence-electron chi connectivity index (χ2n) is 5.94. The molecular formula is C20H23N5O2S2. The lowest BCUT2D eigenvalue weighted by Gasteiger charge is -2.21. The van der Waals surface area contributed by atoms with Gasteiger partial charge in [-0.2, -0.15) is 5.48 Å². The van der Waals surface area contributed by atoms with Crippen molar-refractivity contribution in [2.75, 3.05) is 21.1 Å². The van der Waals surface area contributed by atoms with Crippen LogP contribution in [-0.4, -0.2) is 52.9 Å². The number of rotatable bonds is 6. The molecule has 0 atom stereocenters. The van der Waals surface area contributed by atoms with E-state index < -0.39 is 0 Å². The van der Waals surface area contributed by atoms with Crippen LogP contribution in [0.5, 0.6) is 0 Å². The highest BCUT2D eigenvalue weighted by Crippen LogP contribution is 2.07. The molecule has 0 spiro atoms. The van der Waals surface area contributed by atoms with Crippen LogP contribution in [0, 0.1) is 0 Å². The van der Waals surface area contributed by atoms with Gasteiger partial charge in [-0.15, -0.1) is 5.10 Å². The molecule has 1 amide bonds. The SMILES string of the molecule is CNO/C(CC(=O)NN(C)C(=S)c1ccccc1)=N\N(C)C(=S)c1ccccc1. The number of nitrogens with zero attached hydrogens (tertiary/aromatic N) is 3. The highest BCUT2D eigenvalue weighted by atomic mass is 32.1. The molecule has 2 rings (SSSR count). The Morgan fingerprint density at radius 3 is 2.00 bits per heavy atom. The molecule has 0 unspecified atom stereocenters. The minimum Gasteiger partial charge on any atom is -0.391 e. The van der Waals surface area contributed by atoms with Crippen LogP contribution < -0.4 is 10.9 Å². The zero-order chi connectivity index (χ0) is 21.2. The van der Waals surface area contributed by atoms with E-state index in [2.05, 4.69) is 16.0 Å². The van der Waals surface area contributed by atoms with Crippen LogP contribution >= 0.6 is 24.4 Å². The summed E-state index contributed by atoms with van der Waals surface area (Å²) >= 11 is 10.8. The molecule has 2 aromatic rings. The Hall–Kier alpha value is -2.88. The van der Waals surface area contributed by atoms with E-state index in [1.165, 1.54) is 10.0 Å². The number of hydrazone groups is 1. The van der Waals surface area contributed by atoms with E-state index in [4.69, 9.17) is 29.3 Å². The topological polar surface area (TPSA) is 69.2 Å². The molecule has 0 saturated heterocycles. The molecule has 2 aromatic carbocycles. The lowest BCUT2D eigenvalue weighted by molar-refractivity contribution is -0.123. The lowest BCUT2D eigenvalue weighted by Crippen LogP contribution is -2.44. The van der Waals surface area contributed by atoms with E-state index in [0.29, 0.717) is 9.98 Å². The molecule has 9 heteroatoms. The van der Waals surface area contributed by atoms with Gasteiger partial charge in [0.15, 0.2) is 0 Å². The Morgan fingerprint density at radius 2 is 1.48 bits per heavy atom. The summed E-state index contributed by atoms with van der Waals surface area (Å²) in [6, 6.07) is 18.9. The van der Waals surface area contributed by atoms with E-state index in [0.717, 1.165) is 11.1 Å². The zero-order valence-corrected chi connectivity index (χ0v) is 18.1. The first-order valence-corrected chi connectivity index (χ1v) is 9.60. The monoisotopic (exact) mass is 429 g/mol. The van der Waals surface area contributed by atoms with E-state index in [-0.39, 0.29) is 18.2 Å². The van der Waals surface area contributed by atoms with Crippen molar-refractivity contribution in [3.8, 4) is 0 Å². The van der Waals surface area contributed by atoms with Gasteiger partial charge < -0.3 is 4.84 Å². The minimum absolute atomic E-state index is 0.107. The van der Waals surface area contributed by atoms with Crippen molar-refractivity contribution in [1.82, 2.24) is 20.9 Å². The fraction of sp³-hybridized carbons (Fsp3) is 0.200. The molecule has 0 aliphatic rings. The molecule has 0 radical (unpaired) electrons. The van der Waals surface area contributed by atoms with Crippen LogP contribution in [0.25, 0.3) is 0 Å². The van der Waals surface area contributed by atoms with E-state index in [1.807, 2.05) is 60.7 Å². The van der Waals surface area contributed by atoms with Gasteiger partial charge in [-0.25, -0.2) is 0 Å². The van der Waals surface area contributed by atoms with Crippen LogP contribution in [0.1, 0.15) is 17.5 Å². The third-order valence-electron chi connectivity index (χ3n) is 3.73. The number of benzene rings is 2. The van der Waals surface area contributed by atoms with Crippen molar-refractivity contribution in [2.24, 2.45) is 5.10 Å². The summed E-state index contributed by atoms with van der Waals surface area (Å²) in [6.07, 6.45) is -0.107. The number of hydrazine groups is 1. The van der Waals surface area contributed by atoms with Gasteiger partial charge in [0.25, 0.3) is 0 Å². The quantitative estimate of drug-likeness (QED) is 0.316. The first kappa shape index (κ1) is 22.4. The van der Waals surface area contributed by atoms with Crippen LogP contribution in [0.4, 0.5) is 0 Å². The summed E-state index contributed by atoms with van der Waals surface area (Å²) < 4.78 is 0. The van der Waals surface area contributed by atoms with Crippen LogP contribution in [0.2, 0.25) is 0 Å². The van der Waals surface area contributed by atoms with Crippen molar-refractivity contribution in [1.29, 1.82) is 0 Å². The maximum absolute atomic E-state index is 12.4. The van der Waals surface area contributed by atoms with Crippen molar-refractivity contribution in [3.63, 3.8) is 0 Å². The van der Waals surface area contributed by atoms with Gasteiger partial charge in [0, 0.05) is 32.3 Å². The first-order chi connectivity index (χ1) is 13.9. The van der Waals surface area contributed by atoms with Gasteiger partial charge >= 0.3 is 0 Å². The lowest BCUT2D eigenvalue weighted by atomic mass is 10.2. The molecule has 29 heavy (non-hydrogen) atoms. The number of amides is 1. The van der Waals surface area contributed by atoms with E-state index in [1.54, 1.807) is 21.1 Å². The molecular weight excluding hydrogens is 406 g/mol. The van der Waals surface area contributed by atoms with Crippen molar-refractivity contribution in [3.05, 3.63) is 71.8 Å². The second kappa shape index (κ2) is 11.2. The van der Waals surface area contributed by atoms with Crippen molar-refractivity contribution < 1.29 is 9.63 Å². The van der Waals surface area contributed by atoms with Crippen molar-refractivity contribution in [2.45, 2.75) is 6.42 Å². The summed E-state index contributed by atoms with van der Waals surface area (Å²) in [5, 5.41) is 7.28. The molecule has 0 aliphatic carbocycles. The number of carbonyl (C=O) groups excluding carboxylic acids is 1. The summed E-state index contributed by atoms with van der Waals surface area (Å²) in [5.41, 5.74) is 6.93. The molecule has 152 valence electrons. The predicted octanol–water partition coefficient (Wildman–Crippen LogP) is 2.49. The van der Waals surface area contributed by atoms with Crippen LogP contribution in [0.15, 0.2) is 65.8 Å². The van der Waals surface area contributed by atoms with E-state index >= 15 is 0 Å². The highest BCUT2D eigenvalue weighted by molar-refractivity contribution is 7.80. The predicted molar refractivity (Wildman–Crippen MR) is 122 cm³/mol. The minimum atomic E-state index is -0.334. The fourth-order valence-corrected chi connectivity index (χ4v) is 2.74. The molecule has 0 saturated carbocycles. The van der Waals surface area contributed by atoms with Gasteiger partial charge in [0.2, 0.25) is 11.8 Å². The zero-order valence-electron chi connectivity index (χ0n) is 16.5. The normalized spacial score (nSPS) is 10.8. The van der Waals surface area contributed by atoms with Gasteiger partial charge in [0.05, 0.1) is 0 Å². The molecule has 0 aromatic heterocycles.